The van der Waals surface area contributed by atoms with Crippen LogP contribution in [0.25, 0.3) is 10.2 Å². The van der Waals surface area contributed by atoms with Crippen LogP contribution in [0.15, 0.2) is 48.5 Å². The second-order valence-electron chi connectivity index (χ2n) is 10.0. The van der Waals surface area contributed by atoms with E-state index in [0.717, 1.165) is 52.8 Å². The summed E-state index contributed by atoms with van der Waals surface area (Å²) < 4.78 is 1.05. The molecule has 0 atom stereocenters. The number of carbonyl (C=O) groups is 2. The number of amides is 2. The first-order valence-electron chi connectivity index (χ1n) is 11.6. The Morgan fingerprint density at radius 2 is 1.59 bits per heavy atom. The Balaban J connectivity index is 1.07. The summed E-state index contributed by atoms with van der Waals surface area (Å²) in [5, 5.41) is 6.70. The van der Waals surface area contributed by atoms with E-state index in [9.17, 15) is 9.59 Å². The lowest BCUT2D eigenvalue weighted by Gasteiger charge is -2.55. The highest BCUT2D eigenvalue weighted by Gasteiger charge is 2.54. The van der Waals surface area contributed by atoms with Crippen molar-refractivity contribution in [1.29, 1.82) is 0 Å². The van der Waals surface area contributed by atoms with E-state index in [0.29, 0.717) is 17.2 Å². The Morgan fingerprint density at radius 3 is 2.25 bits per heavy atom. The van der Waals surface area contributed by atoms with E-state index >= 15 is 0 Å². The lowest BCUT2D eigenvalue weighted by atomic mass is 9.49. The summed E-state index contributed by atoms with van der Waals surface area (Å²) >= 11 is 1.47. The van der Waals surface area contributed by atoms with Crippen LogP contribution in [0.1, 0.15) is 54.4 Å². The largest absolute Gasteiger partial charge is 0.352 e. The molecule has 0 unspecified atom stereocenters. The van der Waals surface area contributed by atoms with E-state index in [1.54, 1.807) is 0 Å². The van der Waals surface area contributed by atoms with Crippen LogP contribution in [0, 0.1) is 23.2 Å². The summed E-state index contributed by atoms with van der Waals surface area (Å²) in [5.41, 5.74) is 2.36. The zero-order valence-electron chi connectivity index (χ0n) is 18.0. The molecule has 3 aromatic rings. The number of para-hydroxylation sites is 1. The zero-order valence-corrected chi connectivity index (χ0v) is 18.8. The highest BCUT2D eigenvalue weighted by atomic mass is 32.1. The minimum atomic E-state index is -0.173. The predicted molar refractivity (Wildman–Crippen MR) is 126 cm³/mol. The van der Waals surface area contributed by atoms with Gasteiger partial charge < -0.3 is 5.32 Å². The van der Waals surface area contributed by atoms with Crippen molar-refractivity contribution in [3.63, 3.8) is 0 Å². The first-order chi connectivity index (χ1) is 15.6. The van der Waals surface area contributed by atoms with Crippen LogP contribution in [0.2, 0.25) is 0 Å². The lowest BCUT2D eigenvalue weighted by Crippen LogP contribution is -2.53. The molecule has 1 heterocycles. The Bertz CT molecular complexity index is 1110. The molecule has 4 aliphatic carbocycles. The van der Waals surface area contributed by atoms with E-state index < -0.39 is 0 Å². The van der Waals surface area contributed by atoms with Crippen molar-refractivity contribution in [1.82, 2.24) is 10.3 Å². The first-order valence-corrected chi connectivity index (χ1v) is 12.4. The van der Waals surface area contributed by atoms with Gasteiger partial charge in [0, 0.05) is 17.5 Å². The van der Waals surface area contributed by atoms with Crippen LogP contribution in [0.3, 0.4) is 0 Å². The molecule has 7 rings (SSSR count). The molecule has 2 amide bonds. The summed E-state index contributed by atoms with van der Waals surface area (Å²) in [7, 11) is 0. The molecule has 0 saturated heterocycles. The van der Waals surface area contributed by atoms with E-state index in [-0.39, 0.29) is 17.2 Å². The molecule has 4 bridgehead atoms. The highest BCUT2D eigenvalue weighted by Crippen LogP contribution is 2.60. The molecule has 6 heteroatoms. The minimum absolute atomic E-state index is 0.119. The SMILES string of the molecule is O=C(Nc1nc2ccccc2s1)c1ccc(CNC(=O)C23CC4CC(CC(C4)C2)C3)cc1. The van der Waals surface area contributed by atoms with Gasteiger partial charge in [0.2, 0.25) is 5.91 Å². The number of benzene rings is 2. The van der Waals surface area contributed by atoms with Gasteiger partial charge in [-0.3, -0.25) is 14.9 Å². The summed E-state index contributed by atoms with van der Waals surface area (Å²) in [6.45, 7) is 0.514. The van der Waals surface area contributed by atoms with Crippen LogP contribution < -0.4 is 10.6 Å². The summed E-state index contributed by atoms with van der Waals surface area (Å²) in [4.78, 5) is 30.2. The number of rotatable bonds is 5. The fourth-order valence-electron chi connectivity index (χ4n) is 6.63. The van der Waals surface area contributed by atoms with E-state index in [1.165, 1.54) is 30.6 Å². The fourth-order valence-corrected chi connectivity index (χ4v) is 7.49. The van der Waals surface area contributed by atoms with Crippen LogP contribution in [0.4, 0.5) is 5.13 Å². The van der Waals surface area contributed by atoms with Crippen molar-refractivity contribution in [3.8, 4) is 0 Å². The number of anilines is 1. The fraction of sp³-hybridized carbons (Fsp3) is 0.423. The minimum Gasteiger partial charge on any atom is -0.352 e. The van der Waals surface area contributed by atoms with Gasteiger partial charge in [0.05, 0.1) is 10.2 Å². The summed E-state index contributed by atoms with van der Waals surface area (Å²) in [6.07, 6.45) is 7.26. The number of carbonyl (C=O) groups excluding carboxylic acids is 2. The van der Waals surface area contributed by atoms with Gasteiger partial charge in [-0.1, -0.05) is 35.6 Å². The van der Waals surface area contributed by atoms with Crippen molar-refractivity contribution in [3.05, 3.63) is 59.7 Å². The summed E-state index contributed by atoms with van der Waals surface area (Å²) in [6, 6.07) is 15.3. The summed E-state index contributed by atoms with van der Waals surface area (Å²) in [5.74, 6) is 2.36. The van der Waals surface area contributed by atoms with Gasteiger partial charge in [-0.2, -0.15) is 0 Å². The van der Waals surface area contributed by atoms with Gasteiger partial charge in [0.25, 0.3) is 5.91 Å². The zero-order chi connectivity index (χ0) is 21.7. The van der Waals surface area contributed by atoms with Gasteiger partial charge in [-0.05, 0) is 86.1 Å². The normalized spacial score (nSPS) is 28.1. The molecular formula is C26H27N3O2S. The predicted octanol–water partition coefficient (Wildman–Crippen LogP) is 5.38. The molecule has 32 heavy (non-hydrogen) atoms. The van der Waals surface area contributed by atoms with Crippen molar-refractivity contribution in [2.45, 2.75) is 45.1 Å². The number of thiazole rings is 1. The average Bonchev–Trinajstić information content (AvgIpc) is 3.19. The molecule has 164 valence electrons. The van der Waals surface area contributed by atoms with Crippen molar-refractivity contribution >= 4 is 38.5 Å². The monoisotopic (exact) mass is 445 g/mol. The van der Waals surface area contributed by atoms with Crippen LogP contribution >= 0.6 is 11.3 Å². The molecule has 0 aliphatic heterocycles. The van der Waals surface area contributed by atoms with E-state index in [1.807, 2.05) is 48.5 Å². The Kier molecular flexibility index (Phi) is 4.79. The maximum absolute atomic E-state index is 13.1. The standard InChI is InChI=1S/C26H27N3O2S/c30-23(29-25-28-21-3-1-2-4-22(21)32-25)20-7-5-16(6-8-20)15-27-24(31)26-12-17-9-18(13-26)11-19(10-17)14-26/h1-8,17-19H,9-15H2,(H,27,31)(H,28,29,30). The van der Waals surface area contributed by atoms with E-state index in [4.69, 9.17) is 0 Å². The lowest BCUT2D eigenvalue weighted by molar-refractivity contribution is -0.146. The first kappa shape index (κ1) is 19.9. The molecule has 2 N–H and O–H groups in total. The van der Waals surface area contributed by atoms with Gasteiger partial charge in [-0.15, -0.1) is 0 Å². The molecule has 1 aromatic heterocycles. The average molecular weight is 446 g/mol. The molecule has 0 spiro atoms. The third-order valence-corrected chi connectivity index (χ3v) is 8.66. The molecule has 4 fully saturated rings. The Hall–Kier alpha value is -2.73. The highest BCUT2D eigenvalue weighted by molar-refractivity contribution is 7.22. The van der Waals surface area contributed by atoms with Crippen LogP contribution in [-0.4, -0.2) is 16.8 Å². The maximum atomic E-state index is 13.1. The van der Waals surface area contributed by atoms with E-state index in [2.05, 4.69) is 15.6 Å². The Morgan fingerprint density at radius 1 is 0.938 bits per heavy atom. The molecular weight excluding hydrogens is 418 g/mol. The quantitative estimate of drug-likeness (QED) is 0.554. The van der Waals surface area contributed by atoms with Crippen LogP contribution in [0.5, 0.6) is 0 Å². The third-order valence-electron chi connectivity index (χ3n) is 7.70. The van der Waals surface area contributed by atoms with Crippen molar-refractivity contribution in [2.24, 2.45) is 23.2 Å². The van der Waals surface area contributed by atoms with Crippen molar-refractivity contribution in [2.75, 3.05) is 5.32 Å². The smallest absolute Gasteiger partial charge is 0.257 e. The van der Waals surface area contributed by atoms with Gasteiger partial charge in [0.1, 0.15) is 0 Å². The number of fused-ring (bicyclic) bond motifs is 1. The number of nitrogens with one attached hydrogen (secondary N) is 2. The Labute approximate surface area is 191 Å². The molecule has 0 radical (unpaired) electrons. The van der Waals surface area contributed by atoms with Gasteiger partial charge in [0.15, 0.2) is 5.13 Å². The van der Waals surface area contributed by atoms with Crippen LogP contribution in [-0.2, 0) is 11.3 Å². The molecule has 5 nitrogen and oxygen atoms in total. The number of nitrogens with zero attached hydrogens (tertiary/aromatic N) is 1. The topological polar surface area (TPSA) is 71.1 Å². The number of aromatic nitrogens is 1. The maximum Gasteiger partial charge on any atom is 0.257 e. The number of hydrogen-bond donors (Lipinski definition) is 2. The molecule has 4 aliphatic rings. The number of hydrogen-bond acceptors (Lipinski definition) is 4. The van der Waals surface area contributed by atoms with Crippen molar-refractivity contribution < 1.29 is 9.59 Å². The van der Waals surface area contributed by atoms with Gasteiger partial charge >= 0.3 is 0 Å². The van der Waals surface area contributed by atoms with Gasteiger partial charge in [-0.25, -0.2) is 4.98 Å². The third kappa shape index (κ3) is 3.60. The molecule has 4 saturated carbocycles. The molecule has 2 aromatic carbocycles. The second-order valence-corrected chi connectivity index (χ2v) is 11.0. The second kappa shape index (κ2) is 7.69.